The lowest BCUT2D eigenvalue weighted by molar-refractivity contribution is 0.259. The molecule has 1 aliphatic carbocycles. The molecule has 2 rings (SSSR count). The zero-order chi connectivity index (χ0) is 11.1. The molecular formula is C12H21N3. The van der Waals surface area contributed by atoms with Crippen molar-refractivity contribution in [2.24, 2.45) is 18.2 Å². The maximum atomic E-state index is 6.37. The molecule has 1 aromatic heterocycles. The predicted octanol–water partition coefficient (Wildman–Crippen LogP) is 2.31. The Hall–Kier alpha value is -0.830. The molecule has 1 heterocycles. The molecule has 1 unspecified atom stereocenters. The van der Waals surface area contributed by atoms with Crippen molar-refractivity contribution in [2.75, 3.05) is 0 Å². The van der Waals surface area contributed by atoms with E-state index in [1.54, 1.807) is 0 Å². The molecule has 3 heteroatoms. The molecule has 1 atom stereocenters. The topological polar surface area (TPSA) is 43.8 Å². The van der Waals surface area contributed by atoms with Crippen LogP contribution in [0.4, 0.5) is 0 Å². The number of nitrogens with zero attached hydrogens (tertiary/aromatic N) is 2. The largest absolute Gasteiger partial charge is 0.322 e. The van der Waals surface area contributed by atoms with Crippen molar-refractivity contribution in [1.82, 2.24) is 9.78 Å². The molecule has 1 aromatic rings. The number of aryl methyl sites for hydroxylation is 2. The van der Waals surface area contributed by atoms with Crippen molar-refractivity contribution >= 4 is 0 Å². The van der Waals surface area contributed by atoms with Crippen LogP contribution in [0.1, 0.15) is 49.9 Å². The van der Waals surface area contributed by atoms with Crippen molar-refractivity contribution in [3.05, 3.63) is 17.5 Å². The second-order valence-electron chi connectivity index (χ2n) is 5.21. The van der Waals surface area contributed by atoms with Gasteiger partial charge in [0.05, 0.1) is 11.7 Å². The third-order valence-electron chi connectivity index (χ3n) is 3.84. The van der Waals surface area contributed by atoms with Gasteiger partial charge in [0, 0.05) is 13.2 Å². The SMILES string of the molecule is Cc1cn(C)nc1C(N)C1(C)CCCC1. The Labute approximate surface area is 91.7 Å². The molecule has 1 fully saturated rings. The van der Waals surface area contributed by atoms with E-state index in [4.69, 9.17) is 5.73 Å². The first-order chi connectivity index (χ1) is 7.03. The van der Waals surface area contributed by atoms with Crippen molar-refractivity contribution in [3.63, 3.8) is 0 Å². The number of rotatable bonds is 2. The van der Waals surface area contributed by atoms with Gasteiger partial charge in [-0.25, -0.2) is 0 Å². The summed E-state index contributed by atoms with van der Waals surface area (Å²) >= 11 is 0. The molecule has 3 nitrogen and oxygen atoms in total. The Balaban J connectivity index is 2.27. The van der Waals surface area contributed by atoms with E-state index in [1.807, 2.05) is 17.9 Å². The molecule has 1 aliphatic rings. The highest BCUT2D eigenvalue weighted by atomic mass is 15.3. The predicted molar refractivity (Wildman–Crippen MR) is 61.4 cm³/mol. The minimum atomic E-state index is 0.0983. The summed E-state index contributed by atoms with van der Waals surface area (Å²) in [4.78, 5) is 0. The van der Waals surface area contributed by atoms with E-state index in [1.165, 1.54) is 31.2 Å². The third-order valence-corrected chi connectivity index (χ3v) is 3.84. The molecule has 0 aliphatic heterocycles. The standard InChI is InChI=1S/C12H21N3/c1-9-8-15(3)14-10(9)11(13)12(2)6-4-5-7-12/h8,11H,4-7,13H2,1-3H3. The van der Waals surface area contributed by atoms with E-state index in [2.05, 4.69) is 18.9 Å². The third kappa shape index (κ3) is 1.81. The van der Waals surface area contributed by atoms with Crippen LogP contribution in [0.5, 0.6) is 0 Å². The maximum absolute atomic E-state index is 6.37. The van der Waals surface area contributed by atoms with Gasteiger partial charge in [-0.2, -0.15) is 5.10 Å². The molecule has 15 heavy (non-hydrogen) atoms. The van der Waals surface area contributed by atoms with Crippen molar-refractivity contribution in [2.45, 2.75) is 45.6 Å². The number of nitrogens with two attached hydrogens (primary N) is 1. The van der Waals surface area contributed by atoms with Gasteiger partial charge in [0.2, 0.25) is 0 Å². The minimum absolute atomic E-state index is 0.0983. The lowest BCUT2D eigenvalue weighted by Crippen LogP contribution is -2.30. The summed E-state index contributed by atoms with van der Waals surface area (Å²) in [5, 5.41) is 4.49. The van der Waals surface area contributed by atoms with E-state index < -0.39 is 0 Å². The summed E-state index contributed by atoms with van der Waals surface area (Å²) in [5.74, 6) is 0. The van der Waals surface area contributed by atoms with Gasteiger partial charge >= 0.3 is 0 Å². The molecule has 0 amide bonds. The Kier molecular flexibility index (Phi) is 2.59. The Morgan fingerprint density at radius 3 is 2.53 bits per heavy atom. The highest BCUT2D eigenvalue weighted by Crippen LogP contribution is 2.45. The first kappa shape index (κ1) is 10.7. The second kappa shape index (κ2) is 3.63. The molecule has 0 bridgehead atoms. The van der Waals surface area contributed by atoms with Crippen molar-refractivity contribution in [3.8, 4) is 0 Å². The summed E-state index contributed by atoms with van der Waals surface area (Å²) in [7, 11) is 1.96. The zero-order valence-corrected chi connectivity index (χ0v) is 9.95. The van der Waals surface area contributed by atoms with Crippen LogP contribution in [-0.2, 0) is 7.05 Å². The maximum Gasteiger partial charge on any atom is 0.0826 e. The summed E-state index contributed by atoms with van der Waals surface area (Å²) in [6, 6.07) is 0.0983. The van der Waals surface area contributed by atoms with Crippen LogP contribution in [0.3, 0.4) is 0 Å². The van der Waals surface area contributed by atoms with Gasteiger partial charge in [-0.3, -0.25) is 4.68 Å². The lowest BCUT2D eigenvalue weighted by atomic mass is 9.79. The van der Waals surface area contributed by atoms with E-state index in [0.29, 0.717) is 0 Å². The van der Waals surface area contributed by atoms with Gasteiger partial charge in [-0.05, 0) is 30.7 Å². The monoisotopic (exact) mass is 207 g/mol. The fourth-order valence-electron chi connectivity index (χ4n) is 2.76. The first-order valence-corrected chi connectivity index (χ1v) is 5.79. The fourth-order valence-corrected chi connectivity index (χ4v) is 2.76. The van der Waals surface area contributed by atoms with Crippen LogP contribution in [0.15, 0.2) is 6.20 Å². The molecule has 0 radical (unpaired) electrons. The summed E-state index contributed by atoms with van der Waals surface area (Å²) in [6.07, 6.45) is 7.16. The Morgan fingerprint density at radius 2 is 2.07 bits per heavy atom. The van der Waals surface area contributed by atoms with E-state index in [0.717, 1.165) is 5.69 Å². The Morgan fingerprint density at radius 1 is 1.47 bits per heavy atom. The van der Waals surface area contributed by atoms with Crippen LogP contribution in [0.25, 0.3) is 0 Å². The van der Waals surface area contributed by atoms with Gasteiger partial charge < -0.3 is 5.73 Å². The first-order valence-electron chi connectivity index (χ1n) is 5.79. The fraction of sp³-hybridized carbons (Fsp3) is 0.750. The molecular weight excluding hydrogens is 186 g/mol. The second-order valence-corrected chi connectivity index (χ2v) is 5.21. The summed E-state index contributed by atoms with van der Waals surface area (Å²) in [5.41, 5.74) is 8.94. The van der Waals surface area contributed by atoms with Crippen molar-refractivity contribution < 1.29 is 0 Å². The number of hydrogen-bond donors (Lipinski definition) is 1. The van der Waals surface area contributed by atoms with Crippen LogP contribution < -0.4 is 5.73 Å². The number of aromatic nitrogens is 2. The lowest BCUT2D eigenvalue weighted by Gasteiger charge is -2.30. The molecule has 84 valence electrons. The molecule has 0 aromatic carbocycles. The summed E-state index contributed by atoms with van der Waals surface area (Å²) < 4.78 is 1.86. The minimum Gasteiger partial charge on any atom is -0.322 e. The molecule has 2 N–H and O–H groups in total. The van der Waals surface area contributed by atoms with Gasteiger partial charge in [-0.1, -0.05) is 19.8 Å². The molecule has 0 spiro atoms. The van der Waals surface area contributed by atoms with E-state index >= 15 is 0 Å². The molecule has 1 saturated carbocycles. The Bertz CT molecular complexity index is 348. The molecule has 0 saturated heterocycles. The quantitative estimate of drug-likeness (QED) is 0.808. The van der Waals surface area contributed by atoms with Gasteiger partial charge in [0.1, 0.15) is 0 Å². The average Bonchev–Trinajstić information content (AvgIpc) is 2.73. The zero-order valence-electron chi connectivity index (χ0n) is 9.95. The van der Waals surface area contributed by atoms with Gasteiger partial charge in [0.25, 0.3) is 0 Å². The average molecular weight is 207 g/mol. The normalized spacial score (nSPS) is 21.9. The van der Waals surface area contributed by atoms with Crippen LogP contribution in [0.2, 0.25) is 0 Å². The van der Waals surface area contributed by atoms with Crippen LogP contribution in [0, 0.1) is 12.3 Å². The van der Waals surface area contributed by atoms with Crippen molar-refractivity contribution in [1.29, 1.82) is 0 Å². The number of hydrogen-bond acceptors (Lipinski definition) is 2. The van der Waals surface area contributed by atoms with E-state index in [9.17, 15) is 0 Å². The summed E-state index contributed by atoms with van der Waals surface area (Å²) in [6.45, 7) is 4.40. The van der Waals surface area contributed by atoms with Gasteiger partial charge in [-0.15, -0.1) is 0 Å². The van der Waals surface area contributed by atoms with Crippen LogP contribution >= 0.6 is 0 Å². The van der Waals surface area contributed by atoms with E-state index in [-0.39, 0.29) is 11.5 Å². The van der Waals surface area contributed by atoms with Gasteiger partial charge in [0.15, 0.2) is 0 Å². The highest BCUT2D eigenvalue weighted by Gasteiger charge is 2.37. The highest BCUT2D eigenvalue weighted by molar-refractivity contribution is 5.21. The smallest absolute Gasteiger partial charge is 0.0826 e. The van der Waals surface area contributed by atoms with Crippen LogP contribution in [-0.4, -0.2) is 9.78 Å².